The highest BCUT2D eigenvalue weighted by atomic mass is 32.1. The molecule has 1 aromatic carbocycles. The number of aliphatic hydroxyl groups is 1. The fourth-order valence-electron chi connectivity index (χ4n) is 2.82. The van der Waals surface area contributed by atoms with Crippen molar-refractivity contribution in [2.24, 2.45) is 0 Å². The molecule has 3 aromatic rings. The van der Waals surface area contributed by atoms with Gasteiger partial charge < -0.3 is 10.0 Å². The van der Waals surface area contributed by atoms with Gasteiger partial charge in [0.25, 0.3) is 11.5 Å². The monoisotopic (exact) mass is 371 g/mol. The van der Waals surface area contributed by atoms with Crippen molar-refractivity contribution in [3.8, 4) is 11.3 Å². The third kappa shape index (κ3) is 3.27. The number of aryl methyl sites for hydroxylation is 1. The van der Waals surface area contributed by atoms with Crippen molar-refractivity contribution in [2.75, 3.05) is 13.2 Å². The molecule has 1 N–H and O–H groups in total. The van der Waals surface area contributed by atoms with E-state index in [9.17, 15) is 14.7 Å². The zero-order valence-corrected chi connectivity index (χ0v) is 15.8. The van der Waals surface area contributed by atoms with E-state index in [1.807, 2.05) is 50.4 Å². The molecule has 1 amide bonds. The van der Waals surface area contributed by atoms with Gasteiger partial charge in [-0.15, -0.1) is 11.3 Å². The number of amides is 1. The number of thiazole rings is 1. The molecule has 0 saturated carbocycles. The summed E-state index contributed by atoms with van der Waals surface area (Å²) in [4.78, 5) is 32.2. The maximum Gasteiger partial charge on any atom is 0.271 e. The highest BCUT2D eigenvalue weighted by Gasteiger charge is 2.23. The highest BCUT2D eigenvalue weighted by Crippen LogP contribution is 2.24. The van der Waals surface area contributed by atoms with E-state index in [0.29, 0.717) is 4.96 Å². The van der Waals surface area contributed by atoms with Crippen LogP contribution in [0.25, 0.3) is 16.2 Å². The van der Waals surface area contributed by atoms with E-state index in [1.54, 1.807) is 0 Å². The Kier molecular flexibility index (Phi) is 5.20. The second kappa shape index (κ2) is 7.39. The summed E-state index contributed by atoms with van der Waals surface area (Å²) in [7, 11) is 0. The largest absolute Gasteiger partial charge is 0.395 e. The van der Waals surface area contributed by atoms with Gasteiger partial charge in [-0.3, -0.25) is 14.0 Å². The summed E-state index contributed by atoms with van der Waals surface area (Å²) in [5.74, 6) is -0.415. The lowest BCUT2D eigenvalue weighted by Crippen LogP contribution is -2.41. The smallest absolute Gasteiger partial charge is 0.271 e. The zero-order valence-electron chi connectivity index (χ0n) is 15.0. The van der Waals surface area contributed by atoms with Gasteiger partial charge in [0.15, 0.2) is 4.96 Å². The van der Waals surface area contributed by atoms with Crippen LogP contribution in [0.5, 0.6) is 0 Å². The first-order chi connectivity index (χ1) is 12.4. The number of hydrogen-bond donors (Lipinski definition) is 1. The summed E-state index contributed by atoms with van der Waals surface area (Å²) in [5, 5.41) is 11.1. The Morgan fingerprint density at radius 1 is 1.31 bits per heavy atom. The average Bonchev–Trinajstić information content (AvgIpc) is 3.05. The third-order valence-electron chi connectivity index (χ3n) is 4.25. The molecule has 6 nitrogen and oxygen atoms in total. The van der Waals surface area contributed by atoms with Crippen molar-refractivity contribution >= 4 is 22.2 Å². The minimum absolute atomic E-state index is 0.0106. The van der Waals surface area contributed by atoms with Crippen LogP contribution in [0.1, 0.15) is 29.8 Å². The molecule has 0 atom stereocenters. The molecule has 136 valence electrons. The Morgan fingerprint density at radius 3 is 2.62 bits per heavy atom. The lowest BCUT2D eigenvalue weighted by Gasteiger charge is -2.25. The molecule has 0 bridgehead atoms. The lowest BCUT2D eigenvalue weighted by atomic mass is 10.1. The average molecular weight is 371 g/mol. The van der Waals surface area contributed by atoms with Crippen molar-refractivity contribution < 1.29 is 9.90 Å². The van der Waals surface area contributed by atoms with Crippen LogP contribution in [-0.2, 0) is 0 Å². The Balaban J connectivity index is 2.13. The lowest BCUT2D eigenvalue weighted by molar-refractivity contribution is 0.0663. The van der Waals surface area contributed by atoms with Crippen LogP contribution in [-0.4, -0.2) is 44.5 Å². The molecule has 2 heterocycles. The van der Waals surface area contributed by atoms with Gasteiger partial charge in [-0.2, -0.15) is 0 Å². The standard InChI is InChI=1S/C19H21N3O3S/c1-12(2)21(8-9-23)17(24)15-10-20-19-22(18(15)25)16(11-26-19)14-6-4-13(3)5-7-14/h4-7,10-12,23H,8-9H2,1-3H3. The molecule has 0 saturated heterocycles. The van der Waals surface area contributed by atoms with Gasteiger partial charge in [-0.1, -0.05) is 29.8 Å². The fraction of sp³-hybridized carbons (Fsp3) is 0.316. The number of carbonyl (C=O) groups is 1. The van der Waals surface area contributed by atoms with Gasteiger partial charge >= 0.3 is 0 Å². The molecule has 3 rings (SSSR count). The van der Waals surface area contributed by atoms with Crippen LogP contribution in [0.3, 0.4) is 0 Å². The van der Waals surface area contributed by atoms with E-state index < -0.39 is 5.91 Å². The Hall–Kier alpha value is -2.51. The van der Waals surface area contributed by atoms with Gasteiger partial charge in [-0.25, -0.2) is 4.98 Å². The van der Waals surface area contributed by atoms with Crippen LogP contribution >= 0.6 is 11.3 Å². The summed E-state index contributed by atoms with van der Waals surface area (Å²) in [6, 6.07) is 7.73. The van der Waals surface area contributed by atoms with Crippen LogP contribution in [0.4, 0.5) is 0 Å². The molecule has 0 aliphatic heterocycles. The van der Waals surface area contributed by atoms with Crippen LogP contribution in [0, 0.1) is 6.92 Å². The second-order valence-corrected chi connectivity index (χ2v) is 7.23. The summed E-state index contributed by atoms with van der Waals surface area (Å²) in [5.41, 5.74) is 2.37. The predicted octanol–water partition coefficient (Wildman–Crippen LogP) is 2.57. The topological polar surface area (TPSA) is 74.9 Å². The van der Waals surface area contributed by atoms with Crippen molar-refractivity contribution in [2.45, 2.75) is 26.8 Å². The second-order valence-electron chi connectivity index (χ2n) is 6.40. The van der Waals surface area contributed by atoms with Gasteiger partial charge in [0.1, 0.15) is 5.56 Å². The van der Waals surface area contributed by atoms with Gasteiger partial charge in [0.2, 0.25) is 0 Å². The van der Waals surface area contributed by atoms with Crippen LogP contribution in [0.15, 0.2) is 40.6 Å². The Labute approximate surface area is 155 Å². The molecular formula is C19H21N3O3S. The highest BCUT2D eigenvalue weighted by molar-refractivity contribution is 7.15. The fourth-order valence-corrected chi connectivity index (χ4v) is 3.68. The molecule has 0 spiro atoms. The maximum absolute atomic E-state index is 13.0. The first kappa shape index (κ1) is 18.3. The first-order valence-corrected chi connectivity index (χ1v) is 9.30. The SMILES string of the molecule is Cc1ccc(-c2csc3ncc(C(=O)N(CCO)C(C)C)c(=O)n23)cc1. The number of fused-ring (bicyclic) bond motifs is 1. The molecule has 26 heavy (non-hydrogen) atoms. The van der Waals surface area contributed by atoms with Crippen molar-refractivity contribution in [1.82, 2.24) is 14.3 Å². The summed E-state index contributed by atoms with van der Waals surface area (Å²) in [6.07, 6.45) is 1.34. The van der Waals surface area contributed by atoms with Crippen molar-refractivity contribution in [1.29, 1.82) is 0 Å². The van der Waals surface area contributed by atoms with E-state index >= 15 is 0 Å². The number of hydrogen-bond acceptors (Lipinski definition) is 5. The van der Waals surface area contributed by atoms with E-state index in [4.69, 9.17) is 0 Å². The quantitative estimate of drug-likeness (QED) is 0.748. The number of nitrogens with zero attached hydrogens (tertiary/aromatic N) is 3. The zero-order chi connectivity index (χ0) is 18.8. The number of rotatable bonds is 5. The molecule has 0 aliphatic rings. The number of carbonyl (C=O) groups excluding carboxylic acids is 1. The van der Waals surface area contributed by atoms with Crippen LogP contribution < -0.4 is 5.56 Å². The summed E-state index contributed by atoms with van der Waals surface area (Å²) < 4.78 is 1.49. The number of aliphatic hydroxyl groups excluding tert-OH is 1. The molecular weight excluding hydrogens is 350 g/mol. The minimum atomic E-state index is -0.415. The molecule has 7 heteroatoms. The van der Waals surface area contributed by atoms with Crippen LogP contribution in [0.2, 0.25) is 0 Å². The normalized spacial score (nSPS) is 11.3. The molecule has 2 aromatic heterocycles. The van der Waals surface area contributed by atoms with E-state index in [0.717, 1.165) is 16.8 Å². The molecule has 0 unspecified atom stereocenters. The van der Waals surface area contributed by atoms with Gasteiger partial charge in [0, 0.05) is 24.2 Å². The first-order valence-electron chi connectivity index (χ1n) is 8.42. The van der Waals surface area contributed by atoms with Gasteiger partial charge in [0.05, 0.1) is 12.3 Å². The van der Waals surface area contributed by atoms with E-state index in [-0.39, 0.29) is 30.3 Å². The predicted molar refractivity (Wildman–Crippen MR) is 103 cm³/mol. The number of benzene rings is 1. The molecule has 0 aliphatic carbocycles. The molecule has 0 radical (unpaired) electrons. The van der Waals surface area contributed by atoms with Crippen molar-refractivity contribution in [3.05, 3.63) is 57.3 Å². The van der Waals surface area contributed by atoms with E-state index in [2.05, 4.69) is 4.98 Å². The Bertz CT molecular complexity index is 989. The molecule has 0 fully saturated rings. The Morgan fingerprint density at radius 2 is 2.00 bits per heavy atom. The van der Waals surface area contributed by atoms with Crippen molar-refractivity contribution in [3.63, 3.8) is 0 Å². The summed E-state index contributed by atoms with van der Waals surface area (Å²) >= 11 is 1.36. The van der Waals surface area contributed by atoms with Gasteiger partial charge in [-0.05, 0) is 26.3 Å². The van der Waals surface area contributed by atoms with E-state index in [1.165, 1.54) is 26.8 Å². The maximum atomic E-state index is 13.0. The third-order valence-corrected chi connectivity index (χ3v) is 5.09. The number of aromatic nitrogens is 2. The minimum Gasteiger partial charge on any atom is -0.395 e. The summed E-state index contributed by atoms with van der Waals surface area (Å²) in [6.45, 7) is 5.71.